The molecular weight excluding hydrogens is 238 g/mol. The lowest BCUT2D eigenvalue weighted by atomic mass is 9.95. The first-order chi connectivity index (χ1) is 9.29. The summed E-state index contributed by atoms with van der Waals surface area (Å²) in [5, 5.41) is 7.99. The summed E-state index contributed by atoms with van der Waals surface area (Å²) in [6.45, 7) is 0.315. The third-order valence-electron chi connectivity index (χ3n) is 3.45. The molecule has 1 aromatic heterocycles. The number of nitrogens with one attached hydrogen (secondary N) is 1. The number of nitrogens with two attached hydrogens (primary N) is 1. The van der Waals surface area contributed by atoms with Gasteiger partial charge in [0.1, 0.15) is 0 Å². The summed E-state index contributed by atoms with van der Waals surface area (Å²) < 4.78 is 0. The average Bonchev–Trinajstić information content (AvgIpc) is 2.48. The van der Waals surface area contributed by atoms with Gasteiger partial charge in [0.25, 0.3) is 5.56 Å². The van der Waals surface area contributed by atoms with Gasteiger partial charge in [-0.2, -0.15) is 5.10 Å². The molecule has 3 N–H and O–H groups in total. The van der Waals surface area contributed by atoms with Crippen molar-refractivity contribution in [1.29, 1.82) is 0 Å². The number of aromatic nitrogens is 2. The van der Waals surface area contributed by atoms with Crippen LogP contribution in [-0.2, 0) is 6.54 Å². The minimum Gasteiger partial charge on any atom is -0.325 e. The zero-order valence-corrected chi connectivity index (χ0v) is 10.5. The van der Waals surface area contributed by atoms with Crippen LogP contribution in [0.1, 0.15) is 24.1 Å². The maximum absolute atomic E-state index is 11.7. The van der Waals surface area contributed by atoms with E-state index < -0.39 is 0 Å². The zero-order chi connectivity index (χ0) is 13.2. The molecule has 0 saturated heterocycles. The highest BCUT2D eigenvalue weighted by Gasteiger charge is 2.09. The lowest BCUT2D eigenvalue weighted by molar-refractivity contribution is 0.900. The normalized spacial score (nSPS) is 14.7. The monoisotopic (exact) mass is 253 g/mol. The number of fused-ring (bicyclic) bond motifs is 1. The third-order valence-corrected chi connectivity index (χ3v) is 3.45. The van der Waals surface area contributed by atoms with Gasteiger partial charge in [-0.15, -0.1) is 0 Å². The minimum absolute atomic E-state index is 0.170. The maximum Gasteiger partial charge on any atom is 0.272 e. The van der Waals surface area contributed by atoms with Crippen LogP contribution in [0.4, 0.5) is 0 Å². The van der Waals surface area contributed by atoms with Crippen LogP contribution >= 0.6 is 0 Å². The molecule has 4 heteroatoms. The van der Waals surface area contributed by atoms with Crippen LogP contribution in [-0.4, -0.2) is 10.2 Å². The summed E-state index contributed by atoms with van der Waals surface area (Å²) in [4.78, 5) is 11.7. The van der Waals surface area contributed by atoms with E-state index in [2.05, 4.69) is 28.4 Å². The van der Waals surface area contributed by atoms with E-state index in [0.717, 1.165) is 29.5 Å². The second kappa shape index (κ2) is 4.82. The van der Waals surface area contributed by atoms with Crippen LogP contribution in [0.25, 0.3) is 16.3 Å². The van der Waals surface area contributed by atoms with Crippen molar-refractivity contribution in [3.63, 3.8) is 0 Å². The maximum atomic E-state index is 11.7. The number of benzene rings is 1. The molecule has 96 valence electrons. The van der Waals surface area contributed by atoms with E-state index in [-0.39, 0.29) is 5.56 Å². The summed E-state index contributed by atoms with van der Waals surface area (Å²) in [6.07, 6.45) is 8.43. The molecule has 0 bridgehead atoms. The third kappa shape index (κ3) is 2.11. The van der Waals surface area contributed by atoms with Gasteiger partial charge < -0.3 is 5.73 Å². The Morgan fingerprint density at radius 1 is 1.32 bits per heavy atom. The van der Waals surface area contributed by atoms with Crippen LogP contribution in [0.15, 0.2) is 41.2 Å². The number of allylic oxidation sites excluding steroid dienone is 4. The largest absolute Gasteiger partial charge is 0.325 e. The van der Waals surface area contributed by atoms with Crippen molar-refractivity contribution in [3.8, 4) is 0 Å². The van der Waals surface area contributed by atoms with Gasteiger partial charge in [0.15, 0.2) is 0 Å². The number of hydrogen-bond acceptors (Lipinski definition) is 3. The van der Waals surface area contributed by atoms with Gasteiger partial charge in [-0.05, 0) is 36.1 Å². The Hall–Kier alpha value is -2.20. The summed E-state index contributed by atoms with van der Waals surface area (Å²) in [5.74, 6) is 0. The molecule has 3 rings (SSSR count). The molecule has 0 fully saturated rings. The van der Waals surface area contributed by atoms with Gasteiger partial charge in [0, 0.05) is 11.9 Å². The van der Waals surface area contributed by atoms with Crippen LogP contribution in [0.3, 0.4) is 0 Å². The Kier molecular flexibility index (Phi) is 3.01. The van der Waals surface area contributed by atoms with Crippen molar-refractivity contribution in [2.75, 3.05) is 0 Å². The summed E-state index contributed by atoms with van der Waals surface area (Å²) in [6, 6.07) is 5.86. The van der Waals surface area contributed by atoms with Gasteiger partial charge in [-0.25, -0.2) is 5.10 Å². The van der Waals surface area contributed by atoms with Crippen molar-refractivity contribution in [2.24, 2.45) is 5.73 Å². The van der Waals surface area contributed by atoms with Crippen LogP contribution in [0.5, 0.6) is 0 Å². The fourth-order valence-electron chi connectivity index (χ4n) is 2.42. The molecule has 1 aliphatic rings. The first-order valence-corrected chi connectivity index (χ1v) is 6.37. The fourth-order valence-corrected chi connectivity index (χ4v) is 2.42. The summed E-state index contributed by atoms with van der Waals surface area (Å²) in [5.41, 5.74) is 8.66. The van der Waals surface area contributed by atoms with Gasteiger partial charge in [0.2, 0.25) is 0 Å². The molecule has 0 amide bonds. The van der Waals surface area contributed by atoms with Gasteiger partial charge in [-0.3, -0.25) is 4.79 Å². The predicted molar refractivity (Wildman–Crippen MR) is 76.6 cm³/mol. The predicted octanol–water partition coefficient (Wildman–Crippen LogP) is 2.12. The van der Waals surface area contributed by atoms with Gasteiger partial charge >= 0.3 is 0 Å². The Morgan fingerprint density at radius 2 is 2.21 bits per heavy atom. The van der Waals surface area contributed by atoms with E-state index in [1.54, 1.807) is 0 Å². The Balaban J connectivity index is 2.22. The van der Waals surface area contributed by atoms with Crippen LogP contribution < -0.4 is 11.3 Å². The quantitative estimate of drug-likeness (QED) is 0.861. The van der Waals surface area contributed by atoms with Crippen LogP contribution in [0, 0.1) is 0 Å². The highest BCUT2D eigenvalue weighted by molar-refractivity contribution is 5.87. The van der Waals surface area contributed by atoms with Gasteiger partial charge in [-0.1, -0.05) is 24.3 Å². The van der Waals surface area contributed by atoms with E-state index in [4.69, 9.17) is 5.73 Å². The van der Waals surface area contributed by atoms with Crippen molar-refractivity contribution in [2.45, 2.75) is 19.4 Å². The standard InChI is InChI=1S/C15H15N3O/c16-9-14-13-8-11(10-4-2-1-3-5-10)6-7-12(13)15(19)18-17-14/h1-2,4,6-8H,3,5,9,16H2,(H,18,19). The fraction of sp³-hybridized carbons (Fsp3) is 0.200. The SMILES string of the molecule is NCc1n[nH]c(=O)c2ccc(C3=CC=CCC3)cc12. The zero-order valence-electron chi connectivity index (χ0n) is 10.5. The second-order valence-corrected chi connectivity index (χ2v) is 4.62. The minimum atomic E-state index is -0.170. The molecule has 1 heterocycles. The molecule has 4 nitrogen and oxygen atoms in total. The Morgan fingerprint density at radius 3 is 2.95 bits per heavy atom. The molecule has 0 unspecified atom stereocenters. The average molecular weight is 253 g/mol. The van der Waals surface area contributed by atoms with Crippen molar-refractivity contribution in [3.05, 3.63) is 58.0 Å². The van der Waals surface area contributed by atoms with Crippen molar-refractivity contribution < 1.29 is 0 Å². The first kappa shape index (κ1) is 11.9. The molecule has 2 aromatic rings. The molecule has 0 radical (unpaired) electrons. The van der Waals surface area contributed by atoms with E-state index in [9.17, 15) is 4.79 Å². The Labute approximate surface area is 110 Å². The Bertz CT molecular complexity index is 741. The van der Waals surface area contributed by atoms with Crippen molar-refractivity contribution >= 4 is 16.3 Å². The van der Waals surface area contributed by atoms with E-state index in [1.807, 2.05) is 18.2 Å². The molecule has 1 aliphatic carbocycles. The number of H-pyrrole nitrogens is 1. The lowest BCUT2D eigenvalue weighted by Crippen LogP contribution is -2.13. The highest BCUT2D eigenvalue weighted by Crippen LogP contribution is 2.26. The smallest absolute Gasteiger partial charge is 0.272 e. The lowest BCUT2D eigenvalue weighted by Gasteiger charge is -2.11. The van der Waals surface area contributed by atoms with Crippen molar-refractivity contribution in [1.82, 2.24) is 10.2 Å². The molecule has 0 saturated carbocycles. The number of rotatable bonds is 2. The molecule has 0 atom stereocenters. The molecule has 1 aromatic carbocycles. The first-order valence-electron chi connectivity index (χ1n) is 6.37. The van der Waals surface area contributed by atoms with E-state index in [1.165, 1.54) is 5.57 Å². The van der Waals surface area contributed by atoms with Crippen LogP contribution in [0.2, 0.25) is 0 Å². The topological polar surface area (TPSA) is 71.8 Å². The summed E-state index contributed by atoms with van der Waals surface area (Å²) in [7, 11) is 0. The number of nitrogens with zero attached hydrogens (tertiary/aromatic N) is 1. The second-order valence-electron chi connectivity index (χ2n) is 4.62. The molecule has 19 heavy (non-hydrogen) atoms. The molecule has 0 aliphatic heterocycles. The summed E-state index contributed by atoms with van der Waals surface area (Å²) >= 11 is 0. The van der Waals surface area contributed by atoms with E-state index in [0.29, 0.717) is 11.9 Å². The number of hydrogen-bond donors (Lipinski definition) is 2. The molecular formula is C15H15N3O. The van der Waals surface area contributed by atoms with Gasteiger partial charge in [0.05, 0.1) is 11.1 Å². The molecule has 0 spiro atoms. The van der Waals surface area contributed by atoms with E-state index >= 15 is 0 Å². The number of aromatic amines is 1. The highest BCUT2D eigenvalue weighted by atomic mass is 16.1.